The molecule has 0 aromatic carbocycles. The number of rotatable bonds is 3. The zero-order chi connectivity index (χ0) is 10.8. The molecule has 0 saturated carbocycles. The average Bonchev–Trinajstić information content (AvgIpc) is 2.33. The summed E-state index contributed by atoms with van der Waals surface area (Å²) < 4.78 is 0. The Balaban J connectivity index is 2.29. The minimum Gasteiger partial charge on any atom is -0.370 e. The Kier molecular flexibility index (Phi) is 3.34. The third-order valence-electron chi connectivity index (χ3n) is 2.16. The Morgan fingerprint density at radius 2 is 2.21 bits per heavy atom. The van der Waals surface area contributed by atoms with Crippen LogP contribution in [0.15, 0.2) is 24.4 Å². The Labute approximate surface area is 86.1 Å². The van der Waals surface area contributed by atoms with Crippen molar-refractivity contribution < 1.29 is 5.11 Å². The molecular formula is C11H20N2O. The lowest BCUT2D eigenvalue weighted by atomic mass is 10.1. The second kappa shape index (κ2) is 4.15. The first-order valence-corrected chi connectivity index (χ1v) is 4.97. The lowest BCUT2D eigenvalue weighted by Crippen LogP contribution is -2.42. The molecule has 1 aliphatic heterocycles. The van der Waals surface area contributed by atoms with Crippen LogP contribution in [0.4, 0.5) is 0 Å². The van der Waals surface area contributed by atoms with E-state index >= 15 is 0 Å². The van der Waals surface area contributed by atoms with Crippen molar-refractivity contribution in [3.63, 3.8) is 0 Å². The third-order valence-corrected chi connectivity index (χ3v) is 2.16. The first-order valence-electron chi connectivity index (χ1n) is 4.97. The van der Waals surface area contributed by atoms with E-state index in [0.717, 1.165) is 18.8 Å². The van der Waals surface area contributed by atoms with E-state index in [4.69, 9.17) is 0 Å². The molecule has 0 saturated heterocycles. The van der Waals surface area contributed by atoms with Gasteiger partial charge in [-0.2, -0.15) is 0 Å². The molecule has 0 spiro atoms. The van der Waals surface area contributed by atoms with Gasteiger partial charge >= 0.3 is 0 Å². The first kappa shape index (κ1) is 11.3. The molecule has 0 unspecified atom stereocenters. The molecule has 2 N–H and O–H groups in total. The average molecular weight is 196 g/mol. The highest BCUT2D eigenvalue weighted by atomic mass is 16.3. The summed E-state index contributed by atoms with van der Waals surface area (Å²) in [5, 5.41) is 12.9. The normalized spacial score (nSPS) is 22.1. The molecule has 0 aliphatic carbocycles. The predicted molar refractivity (Wildman–Crippen MR) is 58.7 cm³/mol. The van der Waals surface area contributed by atoms with Crippen molar-refractivity contribution in [2.24, 2.45) is 0 Å². The highest BCUT2D eigenvalue weighted by Gasteiger charge is 2.19. The molecule has 0 radical (unpaired) electrons. The lowest BCUT2D eigenvalue weighted by Gasteiger charge is -2.27. The maximum atomic E-state index is 9.54. The molecule has 1 rings (SSSR count). The van der Waals surface area contributed by atoms with Gasteiger partial charge in [0.05, 0.1) is 0 Å². The second-order valence-corrected chi connectivity index (χ2v) is 4.63. The van der Waals surface area contributed by atoms with Crippen molar-refractivity contribution in [2.75, 3.05) is 13.1 Å². The molecule has 0 amide bonds. The van der Waals surface area contributed by atoms with Gasteiger partial charge in [0.2, 0.25) is 0 Å². The van der Waals surface area contributed by atoms with Gasteiger partial charge in [-0.15, -0.1) is 0 Å². The van der Waals surface area contributed by atoms with Crippen LogP contribution in [-0.4, -0.2) is 34.9 Å². The largest absolute Gasteiger partial charge is 0.370 e. The number of hydrogen-bond donors (Lipinski definition) is 2. The van der Waals surface area contributed by atoms with E-state index in [0.29, 0.717) is 0 Å². The fourth-order valence-corrected chi connectivity index (χ4v) is 1.39. The van der Waals surface area contributed by atoms with Gasteiger partial charge in [0.1, 0.15) is 6.23 Å². The van der Waals surface area contributed by atoms with Crippen LogP contribution in [0.2, 0.25) is 0 Å². The summed E-state index contributed by atoms with van der Waals surface area (Å²) in [7, 11) is 0. The topological polar surface area (TPSA) is 35.5 Å². The SMILES string of the molecule is C=C1C=C[C@H](O)N1CCNC(C)(C)C. The molecule has 0 aromatic rings. The van der Waals surface area contributed by atoms with Crippen molar-refractivity contribution in [1.29, 1.82) is 0 Å². The van der Waals surface area contributed by atoms with Gasteiger partial charge in [0.25, 0.3) is 0 Å². The Hall–Kier alpha value is -0.800. The van der Waals surface area contributed by atoms with Crippen LogP contribution in [-0.2, 0) is 0 Å². The van der Waals surface area contributed by atoms with Crippen LogP contribution in [0, 0.1) is 0 Å². The summed E-state index contributed by atoms with van der Waals surface area (Å²) in [6.45, 7) is 11.9. The van der Waals surface area contributed by atoms with Gasteiger partial charge in [0, 0.05) is 24.3 Å². The van der Waals surface area contributed by atoms with E-state index in [1.54, 1.807) is 6.08 Å². The minimum absolute atomic E-state index is 0.124. The summed E-state index contributed by atoms with van der Waals surface area (Å²) >= 11 is 0. The first-order chi connectivity index (χ1) is 6.40. The minimum atomic E-state index is -0.496. The number of allylic oxidation sites excluding steroid dienone is 1. The fraction of sp³-hybridized carbons (Fsp3) is 0.636. The molecule has 0 aromatic heterocycles. The van der Waals surface area contributed by atoms with Gasteiger partial charge < -0.3 is 15.3 Å². The number of nitrogens with zero attached hydrogens (tertiary/aromatic N) is 1. The Morgan fingerprint density at radius 1 is 1.57 bits per heavy atom. The van der Waals surface area contributed by atoms with E-state index in [1.807, 2.05) is 11.0 Å². The quantitative estimate of drug-likeness (QED) is 0.709. The predicted octanol–water partition coefficient (Wildman–Crippen LogP) is 1.08. The van der Waals surface area contributed by atoms with Gasteiger partial charge in [-0.05, 0) is 32.9 Å². The molecular weight excluding hydrogens is 176 g/mol. The number of hydrogen-bond acceptors (Lipinski definition) is 3. The maximum Gasteiger partial charge on any atom is 0.146 e. The van der Waals surface area contributed by atoms with Gasteiger partial charge in [-0.3, -0.25) is 0 Å². The van der Waals surface area contributed by atoms with Gasteiger partial charge in [-0.25, -0.2) is 0 Å². The number of nitrogens with one attached hydrogen (secondary N) is 1. The van der Waals surface area contributed by atoms with Crippen LogP contribution in [0.3, 0.4) is 0 Å². The molecule has 0 bridgehead atoms. The molecule has 14 heavy (non-hydrogen) atoms. The Bertz CT molecular complexity index is 240. The van der Waals surface area contributed by atoms with Crippen molar-refractivity contribution in [3.8, 4) is 0 Å². The van der Waals surface area contributed by atoms with Crippen molar-refractivity contribution in [3.05, 3.63) is 24.4 Å². The van der Waals surface area contributed by atoms with Crippen molar-refractivity contribution in [2.45, 2.75) is 32.5 Å². The molecule has 1 aliphatic rings. The highest BCUT2D eigenvalue weighted by Crippen LogP contribution is 2.15. The van der Waals surface area contributed by atoms with Crippen LogP contribution in [0.25, 0.3) is 0 Å². The number of aliphatic hydroxyl groups excluding tert-OH is 1. The standard InChI is InChI=1S/C11H20N2O/c1-9-5-6-10(14)13(9)8-7-12-11(2,3)4/h5-6,10,12,14H,1,7-8H2,2-4H3/t10-/m0/s1. The van der Waals surface area contributed by atoms with Crippen LogP contribution in [0.1, 0.15) is 20.8 Å². The zero-order valence-corrected chi connectivity index (χ0v) is 9.25. The van der Waals surface area contributed by atoms with Crippen LogP contribution >= 0.6 is 0 Å². The Morgan fingerprint density at radius 3 is 2.64 bits per heavy atom. The molecule has 1 heterocycles. The maximum absolute atomic E-state index is 9.54. The van der Waals surface area contributed by atoms with E-state index < -0.39 is 6.23 Å². The van der Waals surface area contributed by atoms with Gasteiger partial charge in [-0.1, -0.05) is 6.58 Å². The highest BCUT2D eigenvalue weighted by molar-refractivity contribution is 5.22. The smallest absolute Gasteiger partial charge is 0.146 e. The van der Waals surface area contributed by atoms with Crippen LogP contribution < -0.4 is 5.32 Å². The molecule has 80 valence electrons. The summed E-state index contributed by atoms with van der Waals surface area (Å²) in [4.78, 5) is 1.87. The number of aliphatic hydroxyl groups is 1. The zero-order valence-electron chi connectivity index (χ0n) is 9.25. The molecule has 3 nitrogen and oxygen atoms in total. The fourth-order valence-electron chi connectivity index (χ4n) is 1.39. The second-order valence-electron chi connectivity index (χ2n) is 4.63. The van der Waals surface area contributed by atoms with E-state index in [9.17, 15) is 5.11 Å². The van der Waals surface area contributed by atoms with Crippen molar-refractivity contribution >= 4 is 0 Å². The van der Waals surface area contributed by atoms with Crippen molar-refractivity contribution in [1.82, 2.24) is 10.2 Å². The molecule has 0 fully saturated rings. The monoisotopic (exact) mass is 196 g/mol. The van der Waals surface area contributed by atoms with E-state index in [-0.39, 0.29) is 5.54 Å². The summed E-state index contributed by atoms with van der Waals surface area (Å²) in [5.41, 5.74) is 1.01. The van der Waals surface area contributed by atoms with E-state index in [2.05, 4.69) is 32.7 Å². The van der Waals surface area contributed by atoms with E-state index in [1.165, 1.54) is 0 Å². The summed E-state index contributed by atoms with van der Waals surface area (Å²) in [6, 6.07) is 0. The summed E-state index contributed by atoms with van der Waals surface area (Å²) in [5.74, 6) is 0. The van der Waals surface area contributed by atoms with Crippen LogP contribution in [0.5, 0.6) is 0 Å². The third kappa shape index (κ3) is 3.16. The lowest BCUT2D eigenvalue weighted by molar-refractivity contribution is 0.0817. The molecule has 1 atom stereocenters. The summed E-state index contributed by atoms with van der Waals surface area (Å²) in [6.07, 6.45) is 3.10. The molecule has 3 heteroatoms. The van der Waals surface area contributed by atoms with Gasteiger partial charge in [0.15, 0.2) is 0 Å².